The average molecular weight is 251 g/mol. The van der Waals surface area contributed by atoms with Crippen LogP contribution in [0.2, 0.25) is 0 Å². The molecule has 0 bridgehead atoms. The molecule has 1 N–H and O–H groups in total. The monoisotopic (exact) mass is 251 g/mol. The Hall–Kier alpha value is -1.20. The van der Waals surface area contributed by atoms with Crippen molar-refractivity contribution in [2.45, 2.75) is 26.8 Å². The molecule has 1 atom stereocenters. The quantitative estimate of drug-likeness (QED) is 0.849. The zero-order valence-corrected chi connectivity index (χ0v) is 11.2. The number of pyridine rings is 1. The molecule has 1 unspecified atom stereocenters. The standard InChI is InChI=1S/C12H17N3OS/c1-4-16-7-9(3)15-11-10(14-12(15)17)6-5-8(2)13-11/h5-6,9H,4,7H2,1-3H3,(H,14,17). The molecule has 0 aliphatic rings. The van der Waals surface area contributed by atoms with Crippen molar-refractivity contribution in [3.63, 3.8) is 0 Å². The Balaban J connectivity index is 2.48. The maximum Gasteiger partial charge on any atom is 0.179 e. The van der Waals surface area contributed by atoms with Gasteiger partial charge >= 0.3 is 0 Å². The lowest BCUT2D eigenvalue weighted by atomic mass is 10.3. The third kappa shape index (κ3) is 2.40. The molecule has 2 rings (SSSR count). The lowest BCUT2D eigenvalue weighted by Gasteiger charge is -2.13. The van der Waals surface area contributed by atoms with Gasteiger partial charge in [-0.15, -0.1) is 0 Å². The van der Waals surface area contributed by atoms with Crippen LogP contribution in [0.4, 0.5) is 0 Å². The number of aryl methyl sites for hydroxylation is 1. The Kier molecular flexibility index (Phi) is 3.59. The van der Waals surface area contributed by atoms with E-state index in [1.807, 2.05) is 30.5 Å². The van der Waals surface area contributed by atoms with E-state index >= 15 is 0 Å². The minimum absolute atomic E-state index is 0.186. The number of imidazole rings is 1. The largest absolute Gasteiger partial charge is 0.380 e. The predicted octanol–water partition coefficient (Wildman–Crippen LogP) is 3.00. The molecule has 0 amide bonds. The van der Waals surface area contributed by atoms with Gasteiger partial charge in [-0.05, 0) is 45.1 Å². The van der Waals surface area contributed by atoms with Crippen LogP contribution in [0, 0.1) is 11.7 Å². The number of hydrogen-bond donors (Lipinski definition) is 1. The van der Waals surface area contributed by atoms with Gasteiger partial charge in [-0.1, -0.05) is 0 Å². The summed E-state index contributed by atoms with van der Waals surface area (Å²) in [7, 11) is 0. The van der Waals surface area contributed by atoms with Gasteiger partial charge in [0.2, 0.25) is 0 Å². The van der Waals surface area contributed by atoms with Crippen LogP contribution in [0.5, 0.6) is 0 Å². The van der Waals surface area contributed by atoms with Crippen molar-refractivity contribution >= 4 is 23.4 Å². The van der Waals surface area contributed by atoms with Gasteiger partial charge in [-0.3, -0.25) is 4.57 Å². The van der Waals surface area contributed by atoms with Crippen molar-refractivity contribution in [1.82, 2.24) is 14.5 Å². The number of aromatic nitrogens is 3. The molecular weight excluding hydrogens is 234 g/mol. The van der Waals surface area contributed by atoms with Crippen molar-refractivity contribution in [1.29, 1.82) is 0 Å². The van der Waals surface area contributed by atoms with E-state index in [0.29, 0.717) is 18.0 Å². The summed E-state index contributed by atoms with van der Waals surface area (Å²) in [5, 5.41) is 0. The zero-order valence-electron chi connectivity index (χ0n) is 10.4. The van der Waals surface area contributed by atoms with Crippen LogP contribution in [0.3, 0.4) is 0 Å². The van der Waals surface area contributed by atoms with E-state index in [1.165, 1.54) is 0 Å². The summed E-state index contributed by atoms with van der Waals surface area (Å²) in [5.74, 6) is 0. The van der Waals surface area contributed by atoms with Crippen molar-refractivity contribution in [3.8, 4) is 0 Å². The molecule has 4 nitrogen and oxygen atoms in total. The van der Waals surface area contributed by atoms with Crippen LogP contribution in [-0.2, 0) is 4.74 Å². The summed E-state index contributed by atoms with van der Waals surface area (Å²) in [5.41, 5.74) is 2.87. The fourth-order valence-corrected chi connectivity index (χ4v) is 2.24. The molecule has 2 aromatic rings. The van der Waals surface area contributed by atoms with E-state index < -0.39 is 0 Å². The highest BCUT2D eigenvalue weighted by Gasteiger charge is 2.12. The molecule has 2 aromatic heterocycles. The summed E-state index contributed by atoms with van der Waals surface area (Å²) in [6.45, 7) is 7.42. The lowest BCUT2D eigenvalue weighted by molar-refractivity contribution is 0.119. The van der Waals surface area contributed by atoms with E-state index in [-0.39, 0.29) is 6.04 Å². The lowest BCUT2D eigenvalue weighted by Crippen LogP contribution is -2.13. The second-order valence-corrected chi connectivity index (χ2v) is 4.52. The number of nitrogens with zero attached hydrogens (tertiary/aromatic N) is 2. The summed E-state index contributed by atoms with van der Waals surface area (Å²) in [4.78, 5) is 7.71. The third-order valence-electron chi connectivity index (χ3n) is 2.71. The van der Waals surface area contributed by atoms with Crippen molar-refractivity contribution in [2.75, 3.05) is 13.2 Å². The number of ether oxygens (including phenoxy) is 1. The number of aromatic amines is 1. The van der Waals surface area contributed by atoms with Crippen LogP contribution in [0.1, 0.15) is 25.6 Å². The first-order valence-electron chi connectivity index (χ1n) is 5.79. The summed E-state index contributed by atoms with van der Waals surface area (Å²) >= 11 is 5.33. The molecule has 0 saturated heterocycles. The van der Waals surface area contributed by atoms with Gasteiger partial charge < -0.3 is 9.72 Å². The second-order valence-electron chi connectivity index (χ2n) is 4.13. The molecule has 0 radical (unpaired) electrons. The Morgan fingerprint density at radius 1 is 1.53 bits per heavy atom. The SMILES string of the molecule is CCOCC(C)n1c(=S)[nH]c2ccc(C)nc21. The molecule has 0 aliphatic heterocycles. The molecule has 0 aliphatic carbocycles. The highest BCUT2D eigenvalue weighted by atomic mass is 32.1. The number of H-pyrrole nitrogens is 1. The van der Waals surface area contributed by atoms with Crippen molar-refractivity contribution < 1.29 is 4.74 Å². The number of hydrogen-bond acceptors (Lipinski definition) is 3. The van der Waals surface area contributed by atoms with Crippen LogP contribution < -0.4 is 0 Å². The van der Waals surface area contributed by atoms with Crippen molar-refractivity contribution in [2.24, 2.45) is 0 Å². The normalized spacial score (nSPS) is 13.1. The molecule has 2 heterocycles. The third-order valence-corrected chi connectivity index (χ3v) is 3.01. The first-order valence-corrected chi connectivity index (χ1v) is 6.20. The Morgan fingerprint density at radius 3 is 3.00 bits per heavy atom. The first-order chi connectivity index (χ1) is 8.13. The summed E-state index contributed by atoms with van der Waals surface area (Å²) < 4.78 is 8.16. The Labute approximate surface area is 106 Å². The maximum atomic E-state index is 5.44. The summed E-state index contributed by atoms with van der Waals surface area (Å²) in [6.07, 6.45) is 0. The fraction of sp³-hybridized carbons (Fsp3) is 0.500. The van der Waals surface area contributed by atoms with Gasteiger partial charge in [0.25, 0.3) is 0 Å². The van der Waals surface area contributed by atoms with Gasteiger partial charge in [0.05, 0.1) is 18.2 Å². The molecule has 0 spiro atoms. The maximum absolute atomic E-state index is 5.44. The highest BCUT2D eigenvalue weighted by molar-refractivity contribution is 7.71. The van der Waals surface area contributed by atoms with Crippen molar-refractivity contribution in [3.05, 3.63) is 22.6 Å². The van der Waals surface area contributed by atoms with Crippen LogP contribution in [-0.4, -0.2) is 27.7 Å². The molecular formula is C12H17N3OS. The molecule has 0 aromatic carbocycles. The molecule has 92 valence electrons. The van der Waals surface area contributed by atoms with E-state index in [2.05, 4.69) is 16.9 Å². The van der Waals surface area contributed by atoms with Gasteiger partial charge in [0.1, 0.15) is 0 Å². The minimum atomic E-state index is 0.186. The molecule has 17 heavy (non-hydrogen) atoms. The molecule has 0 saturated carbocycles. The van der Waals surface area contributed by atoms with Gasteiger partial charge in [-0.25, -0.2) is 4.98 Å². The molecule has 0 fully saturated rings. The average Bonchev–Trinajstić information content (AvgIpc) is 2.61. The predicted molar refractivity (Wildman–Crippen MR) is 70.9 cm³/mol. The smallest absolute Gasteiger partial charge is 0.179 e. The van der Waals surface area contributed by atoms with E-state index in [0.717, 1.165) is 16.9 Å². The fourth-order valence-electron chi connectivity index (χ4n) is 1.87. The second kappa shape index (κ2) is 4.98. The van der Waals surface area contributed by atoms with Gasteiger partial charge in [0, 0.05) is 12.3 Å². The van der Waals surface area contributed by atoms with Gasteiger partial charge in [-0.2, -0.15) is 0 Å². The van der Waals surface area contributed by atoms with Crippen LogP contribution >= 0.6 is 12.2 Å². The Morgan fingerprint density at radius 2 is 2.29 bits per heavy atom. The highest BCUT2D eigenvalue weighted by Crippen LogP contribution is 2.18. The number of nitrogens with one attached hydrogen (secondary N) is 1. The zero-order chi connectivity index (χ0) is 12.4. The van der Waals surface area contributed by atoms with E-state index in [9.17, 15) is 0 Å². The Bertz CT molecular complexity index is 573. The van der Waals surface area contributed by atoms with E-state index in [4.69, 9.17) is 17.0 Å². The van der Waals surface area contributed by atoms with Gasteiger partial charge in [0.15, 0.2) is 10.4 Å². The minimum Gasteiger partial charge on any atom is -0.380 e. The number of rotatable bonds is 4. The topological polar surface area (TPSA) is 42.8 Å². The molecule has 5 heteroatoms. The number of fused-ring (bicyclic) bond motifs is 1. The van der Waals surface area contributed by atoms with Crippen LogP contribution in [0.25, 0.3) is 11.2 Å². The summed E-state index contributed by atoms with van der Waals surface area (Å²) in [6, 6.07) is 4.17. The van der Waals surface area contributed by atoms with Crippen LogP contribution in [0.15, 0.2) is 12.1 Å². The first kappa shape index (κ1) is 12.3. The van der Waals surface area contributed by atoms with E-state index in [1.54, 1.807) is 0 Å².